The molecule has 0 atom stereocenters. The summed E-state index contributed by atoms with van der Waals surface area (Å²) in [5.41, 5.74) is 4.47. The van der Waals surface area contributed by atoms with Crippen LogP contribution in [0.2, 0.25) is 0 Å². The van der Waals surface area contributed by atoms with E-state index in [9.17, 15) is 14.2 Å². The number of carbonyl (C=O) groups excluding carboxylic acids is 1. The van der Waals surface area contributed by atoms with Crippen LogP contribution in [0, 0.1) is 0 Å². The number of primary amides is 1. The molecular formula is C5H13N2O6P. The molecule has 0 aliphatic carbocycles. The molecule has 0 aliphatic rings. The minimum absolute atomic E-state index is 0.333. The van der Waals surface area contributed by atoms with Gasteiger partial charge in [0, 0.05) is 6.92 Å². The van der Waals surface area contributed by atoms with Crippen LogP contribution < -0.4 is 11.1 Å². The highest BCUT2D eigenvalue weighted by molar-refractivity contribution is 7.51. The normalized spacial score (nSPS) is 9.93. The first-order valence-electron chi connectivity index (χ1n) is 3.38. The number of amides is 1. The van der Waals surface area contributed by atoms with Gasteiger partial charge in [-0.05, 0) is 0 Å². The van der Waals surface area contributed by atoms with Crippen LogP contribution in [-0.4, -0.2) is 39.6 Å². The van der Waals surface area contributed by atoms with Crippen LogP contribution in [0.4, 0.5) is 0 Å². The van der Waals surface area contributed by atoms with E-state index in [4.69, 9.17) is 14.9 Å². The quantitative estimate of drug-likeness (QED) is 0.359. The standard InChI is InChI=1S/C3H8NO5P.C2H5NO/c5-3(6)1-4-2-10(7,8)9;1-2(3)4/h4H,1-2H2,(H,5,6)(H2,7,8,9);1H3,(H2,3,4). The number of nitrogens with two attached hydrogens (primary N) is 1. The van der Waals surface area contributed by atoms with Gasteiger partial charge in [0.25, 0.3) is 0 Å². The van der Waals surface area contributed by atoms with Gasteiger partial charge >= 0.3 is 13.6 Å². The van der Waals surface area contributed by atoms with Crippen LogP contribution in [0.15, 0.2) is 0 Å². The summed E-state index contributed by atoms with van der Waals surface area (Å²) in [5, 5.41) is 10.1. The molecule has 0 saturated heterocycles. The van der Waals surface area contributed by atoms with Crippen molar-refractivity contribution >= 4 is 19.5 Å². The summed E-state index contributed by atoms with van der Waals surface area (Å²) in [6.45, 7) is 0.866. The average molecular weight is 228 g/mol. The van der Waals surface area contributed by atoms with Crippen LogP contribution >= 0.6 is 7.60 Å². The Bertz CT molecular complexity index is 232. The van der Waals surface area contributed by atoms with E-state index in [0.717, 1.165) is 0 Å². The number of hydrogen-bond acceptors (Lipinski definition) is 4. The van der Waals surface area contributed by atoms with Crippen molar-refractivity contribution in [2.75, 3.05) is 12.8 Å². The lowest BCUT2D eigenvalue weighted by molar-refractivity contribution is -0.135. The Labute approximate surface area is 80.3 Å². The fourth-order valence-electron chi connectivity index (χ4n) is 0.308. The predicted octanol–water partition coefficient (Wildman–Crippen LogP) is -1.71. The van der Waals surface area contributed by atoms with Gasteiger partial charge in [0.2, 0.25) is 5.91 Å². The maximum Gasteiger partial charge on any atom is 0.339 e. The van der Waals surface area contributed by atoms with Gasteiger partial charge in [0.15, 0.2) is 0 Å². The molecule has 0 aliphatic heterocycles. The molecule has 0 aromatic rings. The number of aliphatic carboxylic acids is 1. The van der Waals surface area contributed by atoms with Gasteiger partial charge in [-0.1, -0.05) is 0 Å². The fourth-order valence-corrected chi connectivity index (χ4v) is 0.712. The van der Waals surface area contributed by atoms with Gasteiger partial charge in [-0.2, -0.15) is 0 Å². The van der Waals surface area contributed by atoms with Crippen LogP contribution in [-0.2, 0) is 14.2 Å². The molecule has 9 heteroatoms. The Balaban J connectivity index is 0. The molecule has 14 heavy (non-hydrogen) atoms. The van der Waals surface area contributed by atoms with E-state index in [2.05, 4.69) is 11.1 Å². The van der Waals surface area contributed by atoms with Crippen molar-refractivity contribution in [2.24, 2.45) is 5.73 Å². The Hall–Kier alpha value is -0.950. The number of carboxylic acids is 1. The maximum absolute atomic E-state index is 10.1. The molecular weight excluding hydrogens is 215 g/mol. The third-order valence-electron chi connectivity index (χ3n) is 0.594. The molecule has 0 unspecified atom stereocenters. The first-order valence-corrected chi connectivity index (χ1v) is 5.18. The Morgan fingerprint density at radius 1 is 1.43 bits per heavy atom. The smallest absolute Gasteiger partial charge is 0.339 e. The molecule has 0 radical (unpaired) electrons. The monoisotopic (exact) mass is 228 g/mol. The third kappa shape index (κ3) is 30.5. The van der Waals surface area contributed by atoms with Crippen LogP contribution in [0.5, 0.6) is 0 Å². The van der Waals surface area contributed by atoms with Gasteiger partial charge in [0.05, 0.1) is 12.8 Å². The number of carboxylic acid groups (broad SMARTS) is 1. The number of rotatable bonds is 4. The summed E-state index contributed by atoms with van der Waals surface area (Å²) in [6.07, 6.45) is -0.598. The van der Waals surface area contributed by atoms with Crippen molar-refractivity contribution < 1.29 is 29.0 Å². The van der Waals surface area contributed by atoms with Crippen molar-refractivity contribution in [2.45, 2.75) is 6.92 Å². The topological polar surface area (TPSA) is 150 Å². The van der Waals surface area contributed by atoms with E-state index in [1.165, 1.54) is 6.92 Å². The van der Waals surface area contributed by atoms with Crippen molar-refractivity contribution in [3.8, 4) is 0 Å². The molecule has 6 N–H and O–H groups in total. The zero-order chi connectivity index (χ0) is 11.8. The van der Waals surface area contributed by atoms with E-state index in [-0.39, 0.29) is 5.91 Å². The largest absolute Gasteiger partial charge is 0.480 e. The second-order valence-electron chi connectivity index (χ2n) is 2.25. The van der Waals surface area contributed by atoms with Crippen molar-refractivity contribution in [1.29, 1.82) is 0 Å². The van der Waals surface area contributed by atoms with E-state index < -0.39 is 26.4 Å². The zero-order valence-electron chi connectivity index (χ0n) is 7.51. The highest BCUT2D eigenvalue weighted by Gasteiger charge is 2.11. The molecule has 0 fully saturated rings. The Morgan fingerprint density at radius 3 is 2.00 bits per heavy atom. The van der Waals surface area contributed by atoms with E-state index in [1.807, 2.05) is 0 Å². The summed E-state index contributed by atoms with van der Waals surface area (Å²) in [6, 6.07) is 0. The average Bonchev–Trinajstić information content (AvgIpc) is 1.80. The van der Waals surface area contributed by atoms with Gasteiger partial charge in [-0.15, -0.1) is 0 Å². The molecule has 1 amide bonds. The number of nitrogens with one attached hydrogen (secondary N) is 1. The lowest BCUT2D eigenvalue weighted by Gasteiger charge is -2.02. The first-order chi connectivity index (χ1) is 6.15. The lowest BCUT2D eigenvalue weighted by Crippen LogP contribution is -2.23. The maximum atomic E-state index is 10.1. The minimum atomic E-state index is -4.10. The highest BCUT2D eigenvalue weighted by Crippen LogP contribution is 2.31. The summed E-state index contributed by atoms with van der Waals surface area (Å²) >= 11 is 0. The second-order valence-corrected chi connectivity index (χ2v) is 3.90. The van der Waals surface area contributed by atoms with Gasteiger partial charge < -0.3 is 20.6 Å². The van der Waals surface area contributed by atoms with E-state index in [0.29, 0.717) is 0 Å². The minimum Gasteiger partial charge on any atom is -0.480 e. The molecule has 0 bridgehead atoms. The Kier molecular flexibility index (Phi) is 8.26. The van der Waals surface area contributed by atoms with Crippen LogP contribution in [0.3, 0.4) is 0 Å². The molecule has 84 valence electrons. The number of carbonyl (C=O) groups is 2. The second kappa shape index (κ2) is 7.45. The third-order valence-corrected chi connectivity index (χ3v) is 1.23. The molecule has 0 saturated carbocycles. The van der Waals surface area contributed by atoms with E-state index >= 15 is 0 Å². The predicted molar refractivity (Wildman–Crippen MR) is 47.4 cm³/mol. The van der Waals surface area contributed by atoms with Gasteiger partial charge in [0.1, 0.15) is 0 Å². The summed E-state index contributed by atoms with van der Waals surface area (Å²) < 4.78 is 10.1. The highest BCUT2D eigenvalue weighted by atomic mass is 31.2. The summed E-state index contributed by atoms with van der Waals surface area (Å²) in [5.74, 6) is -1.48. The fraction of sp³-hybridized carbons (Fsp3) is 0.600. The van der Waals surface area contributed by atoms with Crippen LogP contribution in [0.25, 0.3) is 0 Å². The first kappa shape index (κ1) is 15.5. The molecule has 8 nitrogen and oxygen atoms in total. The molecule has 0 rings (SSSR count). The molecule has 0 heterocycles. The van der Waals surface area contributed by atoms with Crippen molar-refractivity contribution in [3.63, 3.8) is 0 Å². The van der Waals surface area contributed by atoms with Crippen molar-refractivity contribution in [3.05, 3.63) is 0 Å². The van der Waals surface area contributed by atoms with Gasteiger partial charge in [-0.25, -0.2) is 0 Å². The SMILES string of the molecule is CC(N)=O.O=C(O)CNCP(=O)(O)O. The summed E-state index contributed by atoms with van der Waals surface area (Å²) in [4.78, 5) is 35.4. The molecule has 0 spiro atoms. The van der Waals surface area contributed by atoms with Crippen molar-refractivity contribution in [1.82, 2.24) is 5.32 Å². The number of hydrogen-bond donors (Lipinski definition) is 5. The summed E-state index contributed by atoms with van der Waals surface area (Å²) in [7, 11) is -4.10. The van der Waals surface area contributed by atoms with E-state index in [1.54, 1.807) is 0 Å². The lowest BCUT2D eigenvalue weighted by atomic mass is 10.7. The Morgan fingerprint density at radius 2 is 1.79 bits per heavy atom. The molecule has 0 aromatic carbocycles. The zero-order valence-corrected chi connectivity index (χ0v) is 8.40. The van der Waals surface area contributed by atoms with Crippen LogP contribution in [0.1, 0.15) is 6.92 Å². The van der Waals surface area contributed by atoms with Gasteiger partial charge in [-0.3, -0.25) is 19.5 Å². The molecule has 0 aromatic heterocycles.